The molecule has 0 saturated heterocycles. The summed E-state index contributed by atoms with van der Waals surface area (Å²) in [6.07, 6.45) is 0.218. The molecule has 130 valence electrons. The molecule has 2 aliphatic heterocycles. The van der Waals surface area contributed by atoms with Gasteiger partial charge in [-0.3, -0.25) is 4.79 Å². The van der Waals surface area contributed by atoms with Gasteiger partial charge in [0.2, 0.25) is 5.60 Å². The quantitative estimate of drug-likeness (QED) is 0.784. The molecule has 1 spiro atoms. The fourth-order valence-corrected chi connectivity index (χ4v) is 3.89. The van der Waals surface area contributed by atoms with E-state index in [1.54, 1.807) is 17.0 Å². The summed E-state index contributed by atoms with van der Waals surface area (Å²) in [5, 5.41) is 10.2. The number of nitriles is 1. The molecule has 0 fully saturated rings. The van der Waals surface area contributed by atoms with Crippen LogP contribution < -0.4 is 4.90 Å². The maximum Gasteiger partial charge on any atom is 0.276 e. The van der Waals surface area contributed by atoms with Gasteiger partial charge in [0, 0.05) is 29.1 Å². The third-order valence-electron chi connectivity index (χ3n) is 5.02. The van der Waals surface area contributed by atoms with Crippen LogP contribution in [0.4, 0.5) is 5.69 Å². The molecule has 4 nitrogen and oxygen atoms in total. The van der Waals surface area contributed by atoms with Gasteiger partial charge in [-0.05, 0) is 32.0 Å². The van der Waals surface area contributed by atoms with Crippen LogP contribution in [0.2, 0.25) is 5.02 Å². The Labute approximate surface area is 157 Å². The minimum Gasteiger partial charge on any atom is -0.470 e. The summed E-state index contributed by atoms with van der Waals surface area (Å²) in [5.41, 5.74) is 2.71. The van der Waals surface area contributed by atoms with Gasteiger partial charge in [0.1, 0.15) is 5.76 Å². The second-order valence-corrected chi connectivity index (χ2v) is 7.04. The number of nitrogens with zero attached hydrogens (tertiary/aromatic N) is 2. The monoisotopic (exact) mass is 364 g/mol. The zero-order chi connectivity index (χ0) is 18.5. The Balaban J connectivity index is 1.85. The highest BCUT2D eigenvalue weighted by Crippen LogP contribution is 2.53. The molecule has 0 aliphatic carbocycles. The molecule has 1 amide bonds. The Morgan fingerprint density at radius 3 is 2.65 bits per heavy atom. The number of benzene rings is 2. The minimum atomic E-state index is -1.21. The normalized spacial score (nSPS) is 21.2. The second-order valence-electron chi connectivity index (χ2n) is 6.60. The van der Waals surface area contributed by atoms with Crippen molar-refractivity contribution in [2.45, 2.75) is 25.9 Å². The molecule has 0 bridgehead atoms. The van der Waals surface area contributed by atoms with E-state index in [0.29, 0.717) is 22.9 Å². The lowest BCUT2D eigenvalue weighted by atomic mass is 9.90. The first-order valence-electron chi connectivity index (χ1n) is 8.51. The molecule has 5 heteroatoms. The van der Waals surface area contributed by atoms with Gasteiger partial charge in [-0.2, -0.15) is 5.26 Å². The lowest BCUT2D eigenvalue weighted by Gasteiger charge is -2.24. The minimum absolute atomic E-state index is 0.146. The standard InChI is InChI=1S/C21H17ClN2O2/c1-3-24-18-9-8-16(22)10-17(18)21(20(24)25)11-15(12-23)19(26-21)14-6-4-13(2)5-7-14/h4-10H,3,11H2,1-2H3. The van der Waals surface area contributed by atoms with E-state index in [2.05, 4.69) is 6.07 Å². The van der Waals surface area contributed by atoms with Gasteiger partial charge in [0.25, 0.3) is 5.91 Å². The van der Waals surface area contributed by atoms with Crippen molar-refractivity contribution in [2.75, 3.05) is 11.4 Å². The summed E-state index contributed by atoms with van der Waals surface area (Å²) < 4.78 is 6.27. The molecule has 0 aromatic heterocycles. The zero-order valence-corrected chi connectivity index (χ0v) is 15.3. The van der Waals surface area contributed by atoms with Gasteiger partial charge < -0.3 is 9.64 Å². The summed E-state index contributed by atoms with van der Waals surface area (Å²) in [5.74, 6) is 0.330. The average Bonchev–Trinajstić information content (AvgIpc) is 3.14. The van der Waals surface area contributed by atoms with Crippen LogP contribution >= 0.6 is 11.6 Å². The predicted molar refractivity (Wildman–Crippen MR) is 101 cm³/mol. The number of hydrogen-bond acceptors (Lipinski definition) is 3. The van der Waals surface area contributed by atoms with Crippen LogP contribution in [0.3, 0.4) is 0 Å². The van der Waals surface area contributed by atoms with Crippen molar-refractivity contribution in [3.63, 3.8) is 0 Å². The van der Waals surface area contributed by atoms with Gasteiger partial charge in [0.15, 0.2) is 0 Å². The number of fused-ring (bicyclic) bond motifs is 2. The van der Waals surface area contributed by atoms with Crippen LogP contribution in [-0.4, -0.2) is 12.5 Å². The average molecular weight is 365 g/mol. The van der Waals surface area contributed by atoms with E-state index in [9.17, 15) is 10.1 Å². The van der Waals surface area contributed by atoms with Gasteiger partial charge >= 0.3 is 0 Å². The van der Waals surface area contributed by atoms with E-state index in [-0.39, 0.29) is 12.3 Å². The Morgan fingerprint density at radius 1 is 1.27 bits per heavy atom. The molecule has 4 rings (SSSR count). The SMILES string of the molecule is CCN1C(=O)C2(CC(C#N)=C(c3ccc(C)cc3)O2)c2cc(Cl)ccc21. The Hall–Kier alpha value is -2.77. The highest BCUT2D eigenvalue weighted by Gasteiger charge is 2.57. The summed E-state index contributed by atoms with van der Waals surface area (Å²) in [4.78, 5) is 14.9. The number of amides is 1. The highest BCUT2D eigenvalue weighted by molar-refractivity contribution is 6.31. The third kappa shape index (κ3) is 2.24. The maximum absolute atomic E-state index is 13.2. The van der Waals surface area contributed by atoms with Gasteiger partial charge in [-0.15, -0.1) is 0 Å². The first kappa shape index (κ1) is 16.7. The predicted octanol–water partition coefficient (Wildman–Crippen LogP) is 4.57. The number of hydrogen-bond donors (Lipinski definition) is 0. The molecule has 0 radical (unpaired) electrons. The molecule has 2 aliphatic rings. The second kappa shape index (κ2) is 5.89. The number of ether oxygens (including phenoxy) is 1. The van der Waals surface area contributed by atoms with Crippen molar-refractivity contribution in [3.8, 4) is 6.07 Å². The molecule has 1 atom stereocenters. The van der Waals surface area contributed by atoms with Crippen LogP contribution in [0, 0.1) is 18.3 Å². The first-order chi connectivity index (χ1) is 12.5. The fourth-order valence-electron chi connectivity index (χ4n) is 3.72. The molecule has 0 N–H and O–H groups in total. The third-order valence-corrected chi connectivity index (χ3v) is 5.25. The van der Waals surface area contributed by atoms with Crippen molar-refractivity contribution in [1.82, 2.24) is 0 Å². The summed E-state index contributed by atoms with van der Waals surface area (Å²) >= 11 is 6.20. The molecule has 2 heterocycles. The van der Waals surface area contributed by atoms with Crippen LogP contribution in [0.5, 0.6) is 0 Å². The number of halogens is 1. The molecular formula is C21H17ClN2O2. The molecule has 0 saturated carbocycles. The van der Waals surface area contributed by atoms with Crippen LogP contribution in [0.1, 0.15) is 30.0 Å². The summed E-state index contributed by atoms with van der Waals surface area (Å²) in [7, 11) is 0. The van der Waals surface area contributed by atoms with Crippen molar-refractivity contribution >= 4 is 29.0 Å². The number of aryl methyl sites for hydroxylation is 1. The fraction of sp³-hybridized carbons (Fsp3) is 0.238. The van der Waals surface area contributed by atoms with E-state index in [4.69, 9.17) is 16.3 Å². The van der Waals surface area contributed by atoms with E-state index in [1.165, 1.54) is 0 Å². The zero-order valence-electron chi connectivity index (χ0n) is 14.5. The lowest BCUT2D eigenvalue weighted by molar-refractivity contribution is -0.133. The number of anilines is 1. The van der Waals surface area contributed by atoms with Crippen molar-refractivity contribution in [1.29, 1.82) is 5.26 Å². The molecule has 2 aromatic carbocycles. The smallest absolute Gasteiger partial charge is 0.276 e. The van der Waals surface area contributed by atoms with E-state index >= 15 is 0 Å². The van der Waals surface area contributed by atoms with Crippen LogP contribution in [0.15, 0.2) is 48.0 Å². The van der Waals surface area contributed by atoms with Crippen molar-refractivity contribution in [2.24, 2.45) is 0 Å². The Morgan fingerprint density at radius 2 is 2.00 bits per heavy atom. The van der Waals surface area contributed by atoms with Crippen molar-refractivity contribution < 1.29 is 9.53 Å². The summed E-state index contributed by atoms with van der Waals surface area (Å²) in [6.45, 7) is 4.45. The topological polar surface area (TPSA) is 53.3 Å². The largest absolute Gasteiger partial charge is 0.470 e. The van der Waals surface area contributed by atoms with Crippen LogP contribution in [-0.2, 0) is 15.1 Å². The van der Waals surface area contributed by atoms with Gasteiger partial charge in [-0.1, -0.05) is 41.4 Å². The number of carbonyl (C=O) groups is 1. The Bertz CT molecular complexity index is 988. The Kier molecular flexibility index (Phi) is 3.78. The molecular weight excluding hydrogens is 348 g/mol. The molecule has 26 heavy (non-hydrogen) atoms. The van der Waals surface area contributed by atoms with E-state index < -0.39 is 5.60 Å². The number of carbonyl (C=O) groups excluding carboxylic acids is 1. The lowest BCUT2D eigenvalue weighted by Crippen LogP contribution is -2.40. The highest BCUT2D eigenvalue weighted by atomic mass is 35.5. The number of rotatable bonds is 2. The van der Waals surface area contributed by atoms with Crippen molar-refractivity contribution in [3.05, 3.63) is 69.8 Å². The van der Waals surface area contributed by atoms with E-state index in [1.807, 2.05) is 44.2 Å². The number of likely N-dealkylation sites (N-methyl/N-ethyl adjacent to an activating group) is 1. The first-order valence-corrected chi connectivity index (χ1v) is 8.89. The maximum atomic E-state index is 13.2. The van der Waals surface area contributed by atoms with Gasteiger partial charge in [-0.25, -0.2) is 0 Å². The molecule has 1 unspecified atom stereocenters. The molecule has 2 aromatic rings. The summed E-state index contributed by atoms with van der Waals surface area (Å²) in [6, 6.07) is 15.4. The van der Waals surface area contributed by atoms with E-state index in [0.717, 1.165) is 22.4 Å². The van der Waals surface area contributed by atoms with Crippen LogP contribution in [0.25, 0.3) is 5.76 Å². The van der Waals surface area contributed by atoms with Gasteiger partial charge in [0.05, 0.1) is 17.3 Å².